The Kier molecular flexibility index (Phi) is 7.23. The molecule has 0 aliphatic carbocycles. The first-order valence-electron chi connectivity index (χ1n) is 8.81. The van der Waals surface area contributed by atoms with Crippen LogP contribution >= 0.6 is 0 Å². The molecule has 0 radical (unpaired) electrons. The summed E-state index contributed by atoms with van der Waals surface area (Å²) in [4.78, 5) is 26.4. The first kappa shape index (κ1) is 20.3. The van der Waals surface area contributed by atoms with Gasteiger partial charge in [-0.05, 0) is 24.6 Å². The van der Waals surface area contributed by atoms with Crippen LogP contribution in [0.4, 0.5) is 0 Å². The lowest BCUT2D eigenvalue weighted by Crippen LogP contribution is -2.39. The average Bonchev–Trinajstić information content (AvgIpc) is 2.70. The van der Waals surface area contributed by atoms with Crippen LogP contribution in [0.1, 0.15) is 35.8 Å². The Labute approximate surface area is 160 Å². The largest absolute Gasteiger partial charge is 0.496 e. The van der Waals surface area contributed by atoms with Crippen LogP contribution in [0, 0.1) is 0 Å². The number of benzene rings is 2. The van der Waals surface area contributed by atoms with E-state index in [0.717, 1.165) is 5.56 Å². The highest BCUT2D eigenvalue weighted by Crippen LogP contribution is 2.28. The van der Waals surface area contributed by atoms with Gasteiger partial charge in [-0.25, -0.2) is 0 Å². The molecule has 0 saturated carbocycles. The van der Waals surface area contributed by atoms with E-state index in [0.29, 0.717) is 30.2 Å². The number of ether oxygens (including phenoxy) is 2. The second kappa shape index (κ2) is 9.62. The van der Waals surface area contributed by atoms with Crippen molar-refractivity contribution in [3.05, 3.63) is 59.7 Å². The third-order valence-corrected chi connectivity index (χ3v) is 4.45. The molecule has 2 aromatic rings. The molecule has 0 saturated heterocycles. The van der Waals surface area contributed by atoms with E-state index in [4.69, 9.17) is 9.47 Å². The Morgan fingerprint density at radius 2 is 1.59 bits per heavy atom. The van der Waals surface area contributed by atoms with E-state index in [-0.39, 0.29) is 17.9 Å². The molecule has 144 valence electrons. The van der Waals surface area contributed by atoms with Crippen LogP contribution in [0.15, 0.2) is 48.5 Å². The summed E-state index contributed by atoms with van der Waals surface area (Å²) in [6.07, 6.45) is 0. The van der Waals surface area contributed by atoms with Crippen molar-refractivity contribution in [2.75, 3.05) is 27.3 Å². The molecule has 2 aromatic carbocycles. The summed E-state index contributed by atoms with van der Waals surface area (Å²) in [6, 6.07) is 14.9. The predicted octanol–water partition coefficient (Wildman–Crippen LogP) is 3.04. The summed E-state index contributed by atoms with van der Waals surface area (Å²) >= 11 is 0. The summed E-state index contributed by atoms with van der Waals surface area (Å²) in [5, 5.41) is 2.85. The van der Waals surface area contributed by atoms with Gasteiger partial charge >= 0.3 is 0 Å². The van der Waals surface area contributed by atoms with Gasteiger partial charge in [0.25, 0.3) is 5.91 Å². The Balaban J connectivity index is 2.05. The number of amides is 2. The maximum atomic E-state index is 12.6. The third kappa shape index (κ3) is 5.00. The number of hydrogen-bond acceptors (Lipinski definition) is 4. The van der Waals surface area contributed by atoms with Gasteiger partial charge in [-0.3, -0.25) is 9.59 Å². The molecule has 6 heteroatoms. The maximum Gasteiger partial charge on any atom is 0.258 e. The minimum atomic E-state index is -0.305. The second-order valence-corrected chi connectivity index (χ2v) is 6.09. The highest BCUT2D eigenvalue weighted by Gasteiger charge is 2.20. The van der Waals surface area contributed by atoms with Gasteiger partial charge in [0.1, 0.15) is 17.1 Å². The molecular formula is C21H26N2O4. The minimum absolute atomic E-state index is 0.0459. The predicted molar refractivity (Wildman–Crippen MR) is 104 cm³/mol. The van der Waals surface area contributed by atoms with Gasteiger partial charge in [0.05, 0.1) is 20.3 Å². The van der Waals surface area contributed by atoms with E-state index in [1.165, 1.54) is 21.1 Å². The van der Waals surface area contributed by atoms with Crippen LogP contribution in [0.25, 0.3) is 0 Å². The summed E-state index contributed by atoms with van der Waals surface area (Å²) in [5.41, 5.74) is 1.39. The van der Waals surface area contributed by atoms with Gasteiger partial charge in [-0.1, -0.05) is 36.4 Å². The fourth-order valence-corrected chi connectivity index (χ4v) is 2.99. The van der Waals surface area contributed by atoms with Gasteiger partial charge in [0.2, 0.25) is 5.91 Å². The SMILES string of the molecule is COc1cccc(OC)c1C(=O)NCCN(C(C)=O)C(C)c1ccccc1. The molecule has 1 unspecified atom stereocenters. The van der Waals surface area contributed by atoms with Crippen LogP contribution in [-0.2, 0) is 4.79 Å². The number of carbonyl (C=O) groups excluding carboxylic acids is 2. The molecule has 0 aliphatic heterocycles. The summed E-state index contributed by atoms with van der Waals surface area (Å²) in [7, 11) is 3.01. The van der Waals surface area contributed by atoms with Crippen molar-refractivity contribution >= 4 is 11.8 Å². The molecule has 0 fully saturated rings. The average molecular weight is 370 g/mol. The van der Waals surface area contributed by atoms with Gasteiger partial charge in [0, 0.05) is 20.0 Å². The molecule has 0 spiro atoms. The van der Waals surface area contributed by atoms with Gasteiger partial charge in [-0.15, -0.1) is 0 Å². The molecule has 27 heavy (non-hydrogen) atoms. The number of hydrogen-bond donors (Lipinski definition) is 1. The smallest absolute Gasteiger partial charge is 0.258 e. The summed E-state index contributed by atoms with van der Waals surface area (Å²) in [6.45, 7) is 4.22. The fourth-order valence-electron chi connectivity index (χ4n) is 2.99. The highest BCUT2D eigenvalue weighted by atomic mass is 16.5. The van der Waals surface area contributed by atoms with Crippen molar-refractivity contribution in [1.29, 1.82) is 0 Å². The quantitative estimate of drug-likeness (QED) is 0.776. The van der Waals surface area contributed by atoms with Gasteiger partial charge in [-0.2, -0.15) is 0 Å². The van der Waals surface area contributed by atoms with Crippen LogP contribution in [-0.4, -0.2) is 44.0 Å². The monoisotopic (exact) mass is 370 g/mol. The molecule has 0 bridgehead atoms. The Morgan fingerprint density at radius 3 is 2.11 bits per heavy atom. The number of methoxy groups -OCH3 is 2. The molecule has 2 amide bonds. The Morgan fingerprint density at radius 1 is 1.00 bits per heavy atom. The zero-order valence-electron chi connectivity index (χ0n) is 16.2. The van der Waals surface area contributed by atoms with E-state index in [1.54, 1.807) is 23.1 Å². The normalized spacial score (nSPS) is 11.4. The molecular weight excluding hydrogens is 344 g/mol. The van der Waals surface area contributed by atoms with Crippen molar-refractivity contribution in [1.82, 2.24) is 10.2 Å². The van der Waals surface area contributed by atoms with Crippen LogP contribution in [0.2, 0.25) is 0 Å². The summed E-state index contributed by atoms with van der Waals surface area (Å²) in [5.74, 6) is 0.525. The lowest BCUT2D eigenvalue weighted by Gasteiger charge is -2.28. The Hall–Kier alpha value is -3.02. The molecule has 0 aromatic heterocycles. The first-order chi connectivity index (χ1) is 13.0. The minimum Gasteiger partial charge on any atom is -0.496 e. The molecule has 1 N–H and O–H groups in total. The van der Waals surface area contributed by atoms with Crippen molar-refractivity contribution in [2.24, 2.45) is 0 Å². The van der Waals surface area contributed by atoms with E-state index in [1.807, 2.05) is 37.3 Å². The lowest BCUT2D eigenvalue weighted by molar-refractivity contribution is -0.130. The van der Waals surface area contributed by atoms with Crippen LogP contribution in [0.5, 0.6) is 11.5 Å². The van der Waals surface area contributed by atoms with E-state index in [9.17, 15) is 9.59 Å². The fraction of sp³-hybridized carbons (Fsp3) is 0.333. The van der Waals surface area contributed by atoms with Crippen molar-refractivity contribution in [3.63, 3.8) is 0 Å². The lowest BCUT2D eigenvalue weighted by atomic mass is 10.1. The number of nitrogens with zero attached hydrogens (tertiary/aromatic N) is 1. The van der Waals surface area contributed by atoms with E-state index < -0.39 is 0 Å². The highest BCUT2D eigenvalue weighted by molar-refractivity contribution is 5.99. The topological polar surface area (TPSA) is 67.9 Å². The van der Waals surface area contributed by atoms with Crippen LogP contribution in [0.3, 0.4) is 0 Å². The number of carbonyl (C=O) groups is 2. The third-order valence-electron chi connectivity index (χ3n) is 4.45. The molecule has 0 aliphatic rings. The van der Waals surface area contributed by atoms with E-state index in [2.05, 4.69) is 5.32 Å². The Bertz CT molecular complexity index is 755. The van der Waals surface area contributed by atoms with Gasteiger partial charge in [0.15, 0.2) is 0 Å². The second-order valence-electron chi connectivity index (χ2n) is 6.09. The molecule has 0 heterocycles. The zero-order chi connectivity index (χ0) is 19.8. The van der Waals surface area contributed by atoms with Crippen molar-refractivity contribution < 1.29 is 19.1 Å². The number of nitrogens with one attached hydrogen (secondary N) is 1. The maximum absolute atomic E-state index is 12.6. The first-order valence-corrected chi connectivity index (χ1v) is 8.81. The van der Waals surface area contributed by atoms with Gasteiger partial charge < -0.3 is 19.7 Å². The molecule has 6 nitrogen and oxygen atoms in total. The zero-order valence-corrected chi connectivity index (χ0v) is 16.2. The van der Waals surface area contributed by atoms with Crippen LogP contribution < -0.4 is 14.8 Å². The number of rotatable bonds is 8. The summed E-state index contributed by atoms with van der Waals surface area (Å²) < 4.78 is 10.5. The standard InChI is InChI=1S/C21H26N2O4/c1-15(17-9-6-5-7-10-17)23(16(2)24)14-13-22-21(25)20-18(26-3)11-8-12-19(20)27-4/h5-12,15H,13-14H2,1-4H3,(H,22,25). The van der Waals surface area contributed by atoms with E-state index >= 15 is 0 Å². The molecule has 2 rings (SSSR count). The van der Waals surface area contributed by atoms with Crippen molar-refractivity contribution in [2.45, 2.75) is 19.9 Å². The molecule has 1 atom stereocenters. The van der Waals surface area contributed by atoms with Crippen molar-refractivity contribution in [3.8, 4) is 11.5 Å².